The van der Waals surface area contributed by atoms with Crippen molar-refractivity contribution in [2.75, 3.05) is 6.54 Å². The fraction of sp³-hybridized carbons (Fsp3) is 0.200. The Morgan fingerprint density at radius 3 is 2.81 bits per heavy atom. The van der Waals surface area contributed by atoms with E-state index in [1.54, 1.807) is 12.1 Å². The summed E-state index contributed by atoms with van der Waals surface area (Å²) in [5, 5.41) is 20.7. The van der Waals surface area contributed by atoms with Crippen molar-refractivity contribution in [1.82, 2.24) is 25.2 Å². The Morgan fingerprint density at radius 1 is 1.35 bits per heavy atom. The van der Waals surface area contributed by atoms with Crippen LogP contribution in [0.15, 0.2) is 41.2 Å². The van der Waals surface area contributed by atoms with E-state index in [-0.39, 0.29) is 29.8 Å². The average Bonchev–Trinajstić information content (AvgIpc) is 3.27. The van der Waals surface area contributed by atoms with Gasteiger partial charge in [0.15, 0.2) is 5.82 Å². The first-order valence-corrected chi connectivity index (χ1v) is 7.53. The highest BCUT2D eigenvalue weighted by Crippen LogP contribution is 2.09. The predicted molar refractivity (Wildman–Crippen MR) is 84.7 cm³/mol. The van der Waals surface area contributed by atoms with Crippen molar-refractivity contribution < 1.29 is 18.6 Å². The first-order valence-electron chi connectivity index (χ1n) is 7.53. The summed E-state index contributed by atoms with van der Waals surface area (Å²) in [6.45, 7) is 0.341. The lowest BCUT2D eigenvalue weighted by Crippen LogP contribution is -2.26. The van der Waals surface area contributed by atoms with Gasteiger partial charge in [-0.2, -0.15) is 10.1 Å². The summed E-state index contributed by atoms with van der Waals surface area (Å²) in [7, 11) is 0. The van der Waals surface area contributed by atoms with Crippen LogP contribution in [0.25, 0.3) is 0 Å². The fourth-order valence-electron chi connectivity index (χ4n) is 2.14. The highest BCUT2D eigenvalue weighted by atomic mass is 19.1. The normalized spacial score (nSPS) is 10.7. The van der Waals surface area contributed by atoms with E-state index in [9.17, 15) is 19.3 Å². The average molecular weight is 360 g/mol. The fourth-order valence-corrected chi connectivity index (χ4v) is 2.14. The zero-order valence-corrected chi connectivity index (χ0v) is 13.3. The Labute approximate surface area is 145 Å². The molecule has 1 amide bonds. The third kappa shape index (κ3) is 4.26. The van der Waals surface area contributed by atoms with E-state index in [1.165, 1.54) is 23.0 Å². The second-order valence-electron chi connectivity index (χ2n) is 5.30. The summed E-state index contributed by atoms with van der Waals surface area (Å²) in [5.74, 6) is -0.927. The van der Waals surface area contributed by atoms with Gasteiger partial charge in [0.1, 0.15) is 24.8 Å². The maximum Gasteiger partial charge on any atom is 0.316 e. The van der Waals surface area contributed by atoms with Gasteiger partial charge in [-0.3, -0.25) is 19.6 Å². The van der Waals surface area contributed by atoms with Gasteiger partial charge in [0.05, 0.1) is 4.92 Å². The van der Waals surface area contributed by atoms with E-state index >= 15 is 0 Å². The number of nitro groups is 1. The Bertz CT molecular complexity index is 920. The first-order chi connectivity index (χ1) is 12.5. The van der Waals surface area contributed by atoms with Crippen molar-refractivity contribution in [2.45, 2.75) is 13.0 Å². The lowest BCUT2D eigenvalue weighted by atomic mass is 10.1. The zero-order chi connectivity index (χ0) is 18.5. The number of nitrogens with one attached hydrogen (secondary N) is 1. The smallest absolute Gasteiger partial charge is 0.316 e. The summed E-state index contributed by atoms with van der Waals surface area (Å²) in [4.78, 5) is 25.9. The molecule has 11 heteroatoms. The Kier molecular flexibility index (Phi) is 4.97. The highest BCUT2D eigenvalue weighted by Gasteiger charge is 2.16. The van der Waals surface area contributed by atoms with Crippen LogP contribution >= 0.6 is 0 Å². The van der Waals surface area contributed by atoms with E-state index in [0.29, 0.717) is 13.0 Å². The summed E-state index contributed by atoms with van der Waals surface area (Å²) in [6.07, 6.45) is 2.84. The molecule has 0 radical (unpaired) electrons. The molecule has 0 aliphatic carbocycles. The molecule has 0 aliphatic rings. The van der Waals surface area contributed by atoms with Crippen LogP contribution in [-0.4, -0.2) is 37.3 Å². The van der Waals surface area contributed by atoms with E-state index in [4.69, 9.17) is 4.52 Å². The minimum Gasteiger partial charge on any atom is -0.347 e. The third-order valence-electron chi connectivity index (χ3n) is 3.41. The summed E-state index contributed by atoms with van der Waals surface area (Å²) < 4.78 is 19.0. The molecule has 3 rings (SSSR count). The van der Waals surface area contributed by atoms with Crippen LogP contribution in [0.4, 0.5) is 10.1 Å². The van der Waals surface area contributed by atoms with Crippen molar-refractivity contribution in [3.63, 3.8) is 0 Å². The number of nitrogens with zero attached hydrogens (tertiary/aromatic N) is 5. The van der Waals surface area contributed by atoms with Gasteiger partial charge < -0.3 is 9.84 Å². The lowest BCUT2D eigenvalue weighted by Gasteiger charge is -2.02. The SMILES string of the molecule is O=C(NCCc1ccc(F)cc1)c1nc(Cn2cc([N+](=O)[O-])cn2)no1. The van der Waals surface area contributed by atoms with Gasteiger partial charge in [-0.15, -0.1) is 0 Å². The molecule has 0 saturated heterocycles. The highest BCUT2D eigenvalue weighted by molar-refractivity contribution is 5.89. The first kappa shape index (κ1) is 17.2. The van der Waals surface area contributed by atoms with Gasteiger partial charge in [-0.25, -0.2) is 4.39 Å². The van der Waals surface area contributed by atoms with Crippen LogP contribution in [0.1, 0.15) is 22.1 Å². The molecule has 0 aliphatic heterocycles. The van der Waals surface area contributed by atoms with Gasteiger partial charge in [0.2, 0.25) is 0 Å². The standard InChI is InChI=1S/C15H13FN6O4/c16-11-3-1-10(2-4-11)5-6-17-14(23)15-19-13(20-26-15)9-21-8-12(7-18-21)22(24)25/h1-4,7-8H,5-6,9H2,(H,17,23). The van der Waals surface area contributed by atoms with Crippen LogP contribution in [0.3, 0.4) is 0 Å². The molecular formula is C15H13FN6O4. The molecule has 2 aromatic heterocycles. The summed E-state index contributed by atoms with van der Waals surface area (Å²) in [6, 6.07) is 5.97. The van der Waals surface area contributed by atoms with E-state index in [1.807, 2.05) is 0 Å². The van der Waals surface area contributed by atoms with Gasteiger partial charge in [-0.1, -0.05) is 17.3 Å². The number of rotatable bonds is 7. The number of carbonyl (C=O) groups is 1. The van der Waals surface area contributed by atoms with Gasteiger partial charge in [0.25, 0.3) is 0 Å². The van der Waals surface area contributed by atoms with Crippen LogP contribution in [0, 0.1) is 15.9 Å². The summed E-state index contributed by atoms with van der Waals surface area (Å²) in [5.41, 5.74) is 0.713. The lowest BCUT2D eigenvalue weighted by molar-refractivity contribution is -0.385. The molecule has 1 N–H and O–H groups in total. The Balaban J connectivity index is 1.52. The second-order valence-corrected chi connectivity index (χ2v) is 5.30. The second kappa shape index (κ2) is 7.51. The van der Waals surface area contributed by atoms with Crippen LogP contribution in [-0.2, 0) is 13.0 Å². The van der Waals surface area contributed by atoms with E-state index < -0.39 is 10.8 Å². The van der Waals surface area contributed by atoms with Crippen molar-refractivity contribution in [3.05, 3.63) is 69.9 Å². The number of amides is 1. The topological polar surface area (TPSA) is 129 Å². The number of carbonyl (C=O) groups excluding carboxylic acids is 1. The number of benzene rings is 1. The van der Waals surface area contributed by atoms with Gasteiger partial charge in [0, 0.05) is 6.54 Å². The minimum atomic E-state index is -0.570. The quantitative estimate of drug-likeness (QED) is 0.497. The molecule has 26 heavy (non-hydrogen) atoms. The predicted octanol–water partition coefficient (Wildman–Crippen LogP) is 1.33. The van der Waals surface area contributed by atoms with E-state index in [2.05, 4.69) is 20.6 Å². The molecule has 0 atom stereocenters. The maximum absolute atomic E-state index is 12.8. The molecule has 0 fully saturated rings. The molecule has 10 nitrogen and oxygen atoms in total. The Morgan fingerprint density at radius 2 is 2.12 bits per heavy atom. The van der Waals surface area contributed by atoms with Gasteiger partial charge in [-0.05, 0) is 24.1 Å². The van der Waals surface area contributed by atoms with Crippen molar-refractivity contribution >= 4 is 11.6 Å². The number of hydrogen-bond donors (Lipinski definition) is 1. The number of halogens is 1. The minimum absolute atomic E-state index is 0.0280. The molecule has 2 heterocycles. The van der Waals surface area contributed by atoms with Crippen LogP contribution < -0.4 is 5.32 Å². The van der Waals surface area contributed by atoms with Crippen molar-refractivity contribution in [2.24, 2.45) is 0 Å². The molecule has 3 aromatic rings. The largest absolute Gasteiger partial charge is 0.347 e. The number of hydrogen-bond acceptors (Lipinski definition) is 7. The third-order valence-corrected chi connectivity index (χ3v) is 3.41. The summed E-state index contributed by atoms with van der Waals surface area (Å²) >= 11 is 0. The van der Waals surface area contributed by atoms with Crippen LogP contribution in [0.2, 0.25) is 0 Å². The van der Waals surface area contributed by atoms with E-state index in [0.717, 1.165) is 11.8 Å². The zero-order valence-electron chi connectivity index (χ0n) is 13.3. The van der Waals surface area contributed by atoms with Crippen LogP contribution in [0.5, 0.6) is 0 Å². The molecule has 0 spiro atoms. The van der Waals surface area contributed by atoms with Gasteiger partial charge >= 0.3 is 17.5 Å². The van der Waals surface area contributed by atoms with Crippen molar-refractivity contribution in [3.8, 4) is 0 Å². The molecule has 1 aromatic carbocycles. The number of aromatic nitrogens is 4. The molecule has 0 saturated carbocycles. The molecule has 0 bridgehead atoms. The molecule has 134 valence electrons. The maximum atomic E-state index is 12.8. The molecular weight excluding hydrogens is 347 g/mol. The molecule has 0 unspecified atom stereocenters. The Hall–Kier alpha value is -3.63. The van der Waals surface area contributed by atoms with Crippen molar-refractivity contribution in [1.29, 1.82) is 0 Å². The monoisotopic (exact) mass is 360 g/mol.